The fraction of sp³-hybridized carbons (Fsp3) is 0.632. The Bertz CT molecular complexity index is 842. The third-order valence-corrected chi connectivity index (χ3v) is 5.20. The number of ether oxygens (including phenoxy) is 1. The number of likely N-dealkylation sites (tertiary alicyclic amines) is 1. The van der Waals surface area contributed by atoms with Crippen LogP contribution in [0.25, 0.3) is 0 Å². The zero-order valence-corrected chi connectivity index (χ0v) is 15.8. The lowest BCUT2D eigenvalue weighted by atomic mass is 9.92. The van der Waals surface area contributed by atoms with Crippen molar-refractivity contribution in [3.05, 3.63) is 45.9 Å². The van der Waals surface area contributed by atoms with Crippen molar-refractivity contribution in [1.82, 2.24) is 24.2 Å². The van der Waals surface area contributed by atoms with Gasteiger partial charge in [-0.3, -0.25) is 9.69 Å². The van der Waals surface area contributed by atoms with Crippen LogP contribution in [0, 0.1) is 5.92 Å². The van der Waals surface area contributed by atoms with Crippen LogP contribution in [0.15, 0.2) is 23.1 Å². The number of imidazole rings is 1. The van der Waals surface area contributed by atoms with E-state index in [1.807, 2.05) is 12.3 Å². The highest BCUT2D eigenvalue weighted by Crippen LogP contribution is 2.22. The average molecular weight is 357 g/mol. The third-order valence-electron chi connectivity index (χ3n) is 5.20. The van der Waals surface area contributed by atoms with Crippen molar-refractivity contribution >= 4 is 0 Å². The molecule has 2 aliphatic rings. The van der Waals surface area contributed by atoms with Gasteiger partial charge >= 0.3 is 0 Å². The van der Waals surface area contributed by atoms with Gasteiger partial charge in [0, 0.05) is 49.8 Å². The molecule has 0 bridgehead atoms. The molecule has 0 aliphatic carbocycles. The second-order valence-corrected chi connectivity index (χ2v) is 8.42. The average Bonchev–Trinajstić information content (AvgIpc) is 2.96. The molecule has 0 amide bonds. The second kappa shape index (κ2) is 6.63. The highest BCUT2D eigenvalue weighted by Gasteiger charge is 2.29. The van der Waals surface area contributed by atoms with Gasteiger partial charge in [-0.05, 0) is 6.07 Å². The van der Waals surface area contributed by atoms with Gasteiger partial charge < -0.3 is 9.30 Å². The normalized spacial score (nSPS) is 18.6. The highest BCUT2D eigenvalue weighted by molar-refractivity contribution is 5.11. The molecule has 1 fully saturated rings. The van der Waals surface area contributed by atoms with Crippen LogP contribution in [-0.4, -0.2) is 43.9 Å². The molecule has 2 aromatic heterocycles. The molecule has 0 spiro atoms. The van der Waals surface area contributed by atoms with Crippen molar-refractivity contribution < 1.29 is 4.74 Å². The Morgan fingerprint density at radius 1 is 1.27 bits per heavy atom. The Morgan fingerprint density at radius 3 is 2.85 bits per heavy atom. The summed E-state index contributed by atoms with van der Waals surface area (Å²) < 4.78 is 9.36. The molecule has 2 aromatic rings. The minimum atomic E-state index is -0.0497. The van der Waals surface area contributed by atoms with Gasteiger partial charge in [0.15, 0.2) is 0 Å². The summed E-state index contributed by atoms with van der Waals surface area (Å²) in [7, 11) is 0. The van der Waals surface area contributed by atoms with Gasteiger partial charge in [-0.15, -0.1) is 0 Å². The molecule has 26 heavy (non-hydrogen) atoms. The van der Waals surface area contributed by atoms with Crippen molar-refractivity contribution in [2.24, 2.45) is 5.92 Å². The summed E-state index contributed by atoms with van der Waals surface area (Å²) in [5.74, 6) is 1.50. The first-order chi connectivity index (χ1) is 12.4. The summed E-state index contributed by atoms with van der Waals surface area (Å²) in [4.78, 5) is 19.0. The minimum absolute atomic E-state index is 0.0127. The first-order valence-electron chi connectivity index (χ1n) is 9.32. The van der Waals surface area contributed by atoms with Crippen LogP contribution in [-0.2, 0) is 36.4 Å². The van der Waals surface area contributed by atoms with Crippen LogP contribution in [0.5, 0.6) is 0 Å². The number of nitrogens with zero attached hydrogens (tertiary/aromatic N) is 5. The molecule has 1 saturated heterocycles. The predicted octanol–water partition coefficient (Wildman–Crippen LogP) is 1.40. The Labute approximate surface area is 153 Å². The maximum absolute atomic E-state index is 12.1. The Kier molecular flexibility index (Phi) is 4.44. The van der Waals surface area contributed by atoms with Gasteiger partial charge in [-0.2, -0.15) is 5.10 Å². The molecule has 0 atom stereocenters. The number of hydrogen-bond acceptors (Lipinski definition) is 5. The van der Waals surface area contributed by atoms with E-state index in [-0.39, 0.29) is 11.0 Å². The van der Waals surface area contributed by atoms with E-state index in [1.165, 1.54) is 5.69 Å². The molecule has 4 heterocycles. The molecule has 0 aromatic carbocycles. The lowest BCUT2D eigenvalue weighted by Gasteiger charge is -2.39. The van der Waals surface area contributed by atoms with Crippen LogP contribution in [0.3, 0.4) is 0 Å². The summed E-state index contributed by atoms with van der Waals surface area (Å²) in [6, 6.07) is 3.49. The summed E-state index contributed by atoms with van der Waals surface area (Å²) in [6.07, 6.45) is 1.97. The summed E-state index contributed by atoms with van der Waals surface area (Å²) in [6.45, 7) is 12.2. The van der Waals surface area contributed by atoms with E-state index < -0.39 is 0 Å². The number of rotatable bonds is 4. The predicted molar refractivity (Wildman–Crippen MR) is 97.8 cm³/mol. The van der Waals surface area contributed by atoms with Crippen molar-refractivity contribution in [2.75, 3.05) is 19.7 Å². The smallest absolute Gasteiger partial charge is 0.266 e. The zero-order chi connectivity index (χ0) is 18.3. The molecular weight excluding hydrogens is 330 g/mol. The Morgan fingerprint density at radius 2 is 2.08 bits per heavy atom. The van der Waals surface area contributed by atoms with E-state index in [2.05, 4.69) is 40.3 Å². The molecule has 0 saturated carbocycles. The van der Waals surface area contributed by atoms with Crippen molar-refractivity contribution in [3.63, 3.8) is 0 Å². The van der Waals surface area contributed by atoms with Gasteiger partial charge in [0.05, 0.1) is 24.5 Å². The highest BCUT2D eigenvalue weighted by atomic mass is 16.5. The van der Waals surface area contributed by atoms with Crippen LogP contribution in [0.2, 0.25) is 0 Å². The maximum Gasteiger partial charge on any atom is 0.266 e. The second-order valence-electron chi connectivity index (χ2n) is 8.42. The van der Waals surface area contributed by atoms with Gasteiger partial charge in [-0.25, -0.2) is 9.67 Å². The third kappa shape index (κ3) is 3.46. The summed E-state index contributed by atoms with van der Waals surface area (Å²) in [5.41, 5.74) is 2.15. The Hall–Kier alpha value is -1.99. The standard InChI is InChI=1S/C19H27N5O2/c1-19(2,3)16-4-5-18(25)24(21-16)11-14-9-22(10-14)12-15-8-20-17-13-26-7-6-23(15)17/h4-5,8,14H,6-7,9-13H2,1-3H3. The quantitative estimate of drug-likeness (QED) is 0.828. The summed E-state index contributed by atoms with van der Waals surface area (Å²) in [5, 5.41) is 4.58. The maximum atomic E-state index is 12.1. The molecule has 140 valence electrons. The van der Waals surface area contributed by atoms with E-state index in [0.29, 0.717) is 19.1 Å². The van der Waals surface area contributed by atoms with Crippen LogP contribution in [0.4, 0.5) is 0 Å². The zero-order valence-electron chi connectivity index (χ0n) is 15.8. The summed E-state index contributed by atoms with van der Waals surface area (Å²) >= 11 is 0. The van der Waals surface area contributed by atoms with Crippen LogP contribution < -0.4 is 5.56 Å². The van der Waals surface area contributed by atoms with Crippen molar-refractivity contribution in [2.45, 2.75) is 52.4 Å². The number of aromatic nitrogens is 4. The first kappa shape index (κ1) is 17.4. The molecule has 0 N–H and O–H groups in total. The molecule has 4 rings (SSSR count). The molecule has 7 heteroatoms. The largest absolute Gasteiger partial charge is 0.372 e. The topological polar surface area (TPSA) is 65.2 Å². The van der Waals surface area contributed by atoms with Gasteiger partial charge in [0.25, 0.3) is 5.56 Å². The lowest BCUT2D eigenvalue weighted by molar-refractivity contribution is 0.0644. The number of hydrogen-bond donors (Lipinski definition) is 0. The van der Waals surface area contributed by atoms with Crippen LogP contribution >= 0.6 is 0 Å². The molecular formula is C19H27N5O2. The van der Waals surface area contributed by atoms with Gasteiger partial charge in [-0.1, -0.05) is 20.8 Å². The molecule has 0 radical (unpaired) electrons. The Balaban J connectivity index is 1.36. The van der Waals surface area contributed by atoms with Crippen molar-refractivity contribution in [3.8, 4) is 0 Å². The molecule has 7 nitrogen and oxygen atoms in total. The SMILES string of the molecule is CC(C)(C)c1ccc(=O)n(CC2CN(Cc3cnc4n3CCOC4)C2)n1. The van der Waals surface area contributed by atoms with E-state index in [9.17, 15) is 4.79 Å². The van der Waals surface area contributed by atoms with Gasteiger partial charge in [0.2, 0.25) is 0 Å². The minimum Gasteiger partial charge on any atom is -0.372 e. The fourth-order valence-corrected chi connectivity index (χ4v) is 3.66. The van der Waals surface area contributed by atoms with E-state index in [0.717, 1.165) is 44.3 Å². The van der Waals surface area contributed by atoms with Crippen molar-refractivity contribution in [1.29, 1.82) is 0 Å². The molecule has 2 aliphatic heterocycles. The monoisotopic (exact) mass is 357 g/mol. The van der Waals surface area contributed by atoms with Crippen LogP contribution in [0.1, 0.15) is 38.0 Å². The number of fused-ring (bicyclic) bond motifs is 1. The first-order valence-corrected chi connectivity index (χ1v) is 9.32. The van der Waals surface area contributed by atoms with E-state index in [4.69, 9.17) is 4.74 Å². The fourth-order valence-electron chi connectivity index (χ4n) is 3.66. The van der Waals surface area contributed by atoms with E-state index >= 15 is 0 Å². The molecule has 0 unspecified atom stereocenters. The van der Waals surface area contributed by atoms with Gasteiger partial charge in [0.1, 0.15) is 12.4 Å². The van der Waals surface area contributed by atoms with E-state index in [1.54, 1.807) is 10.7 Å². The lowest BCUT2D eigenvalue weighted by Crippen LogP contribution is -2.49.